The molecule has 0 aliphatic heterocycles. The van der Waals surface area contributed by atoms with E-state index in [1.54, 1.807) is 7.11 Å². The quantitative estimate of drug-likeness (QED) is 0.654. The summed E-state index contributed by atoms with van der Waals surface area (Å²) in [5, 5.41) is 3.68. The van der Waals surface area contributed by atoms with Crippen molar-refractivity contribution >= 4 is 0 Å². The van der Waals surface area contributed by atoms with E-state index < -0.39 is 0 Å². The first-order chi connectivity index (χ1) is 9.49. The highest BCUT2D eigenvalue weighted by Crippen LogP contribution is 2.44. The van der Waals surface area contributed by atoms with Crippen molar-refractivity contribution in [1.29, 1.82) is 0 Å². The van der Waals surface area contributed by atoms with Gasteiger partial charge in [-0.25, -0.2) is 0 Å². The van der Waals surface area contributed by atoms with E-state index in [1.165, 1.54) is 25.7 Å². The molecule has 0 aromatic carbocycles. The van der Waals surface area contributed by atoms with Crippen LogP contribution in [0.1, 0.15) is 66.2 Å². The van der Waals surface area contributed by atoms with E-state index in [4.69, 9.17) is 9.47 Å². The summed E-state index contributed by atoms with van der Waals surface area (Å²) >= 11 is 0. The van der Waals surface area contributed by atoms with E-state index in [1.807, 2.05) is 0 Å². The number of likely N-dealkylation sites (N-methyl/N-ethyl adjacent to an activating group) is 1. The zero-order chi connectivity index (χ0) is 15.1. The lowest BCUT2D eigenvalue weighted by Crippen LogP contribution is -2.55. The molecule has 1 N–H and O–H groups in total. The SMILES string of the molecule is CCNC(CCCOC)C1(OCC)CCC(C)(C)CC1. The minimum Gasteiger partial charge on any atom is -0.385 e. The lowest BCUT2D eigenvalue weighted by atomic mass is 9.67. The molecule has 0 bridgehead atoms. The normalized spacial score (nSPS) is 22.6. The molecule has 1 atom stereocenters. The Kier molecular flexibility index (Phi) is 7.49. The van der Waals surface area contributed by atoms with E-state index in [0.29, 0.717) is 11.5 Å². The van der Waals surface area contributed by atoms with Crippen molar-refractivity contribution in [2.75, 3.05) is 26.9 Å². The Morgan fingerprint density at radius 1 is 1.10 bits per heavy atom. The molecule has 0 radical (unpaired) electrons. The van der Waals surface area contributed by atoms with E-state index in [0.717, 1.165) is 32.6 Å². The Hall–Kier alpha value is -0.120. The van der Waals surface area contributed by atoms with Crippen molar-refractivity contribution in [3.05, 3.63) is 0 Å². The van der Waals surface area contributed by atoms with Gasteiger partial charge in [-0.1, -0.05) is 20.8 Å². The molecular formula is C17H35NO2. The molecule has 1 saturated carbocycles. The van der Waals surface area contributed by atoms with Gasteiger partial charge in [-0.2, -0.15) is 0 Å². The van der Waals surface area contributed by atoms with Crippen molar-refractivity contribution in [2.24, 2.45) is 5.41 Å². The maximum absolute atomic E-state index is 6.31. The first kappa shape index (κ1) is 17.9. The molecule has 0 heterocycles. The zero-order valence-corrected chi connectivity index (χ0v) is 14.3. The molecule has 1 unspecified atom stereocenters. The van der Waals surface area contributed by atoms with Crippen molar-refractivity contribution in [3.8, 4) is 0 Å². The molecule has 3 nitrogen and oxygen atoms in total. The Labute approximate surface area is 125 Å². The number of hydrogen-bond acceptors (Lipinski definition) is 3. The molecule has 0 aromatic heterocycles. The maximum Gasteiger partial charge on any atom is 0.0834 e. The van der Waals surface area contributed by atoms with Crippen LogP contribution in [0, 0.1) is 5.41 Å². The van der Waals surface area contributed by atoms with Crippen LogP contribution in [0.3, 0.4) is 0 Å². The van der Waals surface area contributed by atoms with Crippen LogP contribution in [0.2, 0.25) is 0 Å². The third kappa shape index (κ3) is 5.01. The topological polar surface area (TPSA) is 30.5 Å². The molecule has 0 aromatic rings. The lowest BCUT2D eigenvalue weighted by Gasteiger charge is -2.48. The number of nitrogens with one attached hydrogen (secondary N) is 1. The predicted octanol–water partition coefficient (Wildman–Crippen LogP) is 3.77. The summed E-state index contributed by atoms with van der Waals surface area (Å²) in [6.07, 6.45) is 7.13. The number of methoxy groups -OCH3 is 1. The second-order valence-electron chi connectivity index (χ2n) is 6.91. The zero-order valence-electron chi connectivity index (χ0n) is 14.3. The molecule has 0 spiro atoms. The largest absolute Gasteiger partial charge is 0.385 e. The summed E-state index contributed by atoms with van der Waals surface area (Å²) in [4.78, 5) is 0. The second-order valence-corrected chi connectivity index (χ2v) is 6.91. The molecule has 120 valence electrons. The lowest BCUT2D eigenvalue weighted by molar-refractivity contribution is -0.108. The molecular weight excluding hydrogens is 250 g/mol. The average Bonchev–Trinajstić information content (AvgIpc) is 2.41. The Morgan fingerprint density at radius 2 is 1.75 bits per heavy atom. The maximum atomic E-state index is 6.31. The van der Waals surface area contributed by atoms with Crippen LogP contribution >= 0.6 is 0 Å². The van der Waals surface area contributed by atoms with Crippen LogP contribution < -0.4 is 5.32 Å². The molecule has 1 rings (SSSR count). The summed E-state index contributed by atoms with van der Waals surface area (Å²) in [6, 6.07) is 0.457. The van der Waals surface area contributed by atoms with Gasteiger partial charge in [0.05, 0.1) is 5.60 Å². The van der Waals surface area contributed by atoms with Gasteiger partial charge < -0.3 is 14.8 Å². The smallest absolute Gasteiger partial charge is 0.0834 e. The Bertz CT molecular complexity index is 256. The van der Waals surface area contributed by atoms with E-state index in [2.05, 4.69) is 33.0 Å². The molecule has 3 heteroatoms. The van der Waals surface area contributed by atoms with Gasteiger partial charge in [-0.15, -0.1) is 0 Å². The summed E-state index contributed by atoms with van der Waals surface area (Å²) in [6.45, 7) is 11.7. The summed E-state index contributed by atoms with van der Waals surface area (Å²) in [5.74, 6) is 0. The van der Waals surface area contributed by atoms with E-state index in [9.17, 15) is 0 Å². The van der Waals surface area contributed by atoms with Crippen molar-refractivity contribution in [1.82, 2.24) is 5.32 Å². The molecule has 0 saturated heterocycles. The van der Waals surface area contributed by atoms with Crippen molar-refractivity contribution in [2.45, 2.75) is 77.9 Å². The second kappa shape index (κ2) is 8.35. The van der Waals surface area contributed by atoms with Gasteiger partial charge >= 0.3 is 0 Å². The van der Waals surface area contributed by atoms with Crippen LogP contribution in [-0.4, -0.2) is 38.5 Å². The van der Waals surface area contributed by atoms with Crippen LogP contribution in [0.4, 0.5) is 0 Å². The molecule has 0 amide bonds. The van der Waals surface area contributed by atoms with E-state index in [-0.39, 0.29) is 5.60 Å². The monoisotopic (exact) mass is 285 g/mol. The first-order valence-corrected chi connectivity index (χ1v) is 8.36. The third-order valence-electron chi connectivity index (χ3n) is 4.81. The minimum atomic E-state index is 0.0357. The van der Waals surface area contributed by atoms with E-state index >= 15 is 0 Å². The standard InChI is InChI=1S/C17H35NO2/c1-6-18-15(9-8-14-19-5)17(20-7-2)12-10-16(3,4)11-13-17/h15,18H,6-14H2,1-5H3. The van der Waals surface area contributed by atoms with Crippen LogP contribution in [0.15, 0.2) is 0 Å². The van der Waals surface area contributed by atoms with Crippen LogP contribution in [0.5, 0.6) is 0 Å². The number of rotatable bonds is 9. The van der Waals surface area contributed by atoms with Gasteiger partial charge in [-0.05, 0) is 57.4 Å². The molecule has 1 fully saturated rings. The van der Waals surface area contributed by atoms with Crippen LogP contribution in [0.25, 0.3) is 0 Å². The van der Waals surface area contributed by atoms with Gasteiger partial charge in [-0.3, -0.25) is 0 Å². The van der Waals surface area contributed by atoms with Gasteiger partial charge in [0, 0.05) is 26.4 Å². The molecule has 20 heavy (non-hydrogen) atoms. The highest BCUT2D eigenvalue weighted by Gasteiger charge is 2.44. The molecule has 1 aliphatic carbocycles. The number of ether oxygens (including phenoxy) is 2. The van der Waals surface area contributed by atoms with Crippen molar-refractivity contribution in [3.63, 3.8) is 0 Å². The Morgan fingerprint density at radius 3 is 2.25 bits per heavy atom. The predicted molar refractivity (Wildman–Crippen MR) is 85.2 cm³/mol. The van der Waals surface area contributed by atoms with Gasteiger partial charge in [0.2, 0.25) is 0 Å². The number of hydrogen-bond donors (Lipinski definition) is 1. The summed E-state index contributed by atoms with van der Waals surface area (Å²) in [7, 11) is 1.78. The summed E-state index contributed by atoms with van der Waals surface area (Å²) in [5.41, 5.74) is 0.512. The first-order valence-electron chi connectivity index (χ1n) is 8.36. The van der Waals surface area contributed by atoms with Gasteiger partial charge in [0.1, 0.15) is 0 Å². The summed E-state index contributed by atoms with van der Waals surface area (Å²) < 4.78 is 11.5. The minimum absolute atomic E-state index is 0.0357. The fourth-order valence-corrected chi connectivity index (χ4v) is 3.46. The van der Waals surface area contributed by atoms with Crippen LogP contribution in [-0.2, 0) is 9.47 Å². The fraction of sp³-hybridized carbons (Fsp3) is 1.00. The fourth-order valence-electron chi connectivity index (χ4n) is 3.46. The highest BCUT2D eigenvalue weighted by molar-refractivity contribution is 4.98. The third-order valence-corrected chi connectivity index (χ3v) is 4.81. The Balaban J connectivity index is 2.73. The highest BCUT2D eigenvalue weighted by atomic mass is 16.5. The van der Waals surface area contributed by atoms with Crippen molar-refractivity contribution < 1.29 is 9.47 Å². The molecule has 1 aliphatic rings. The van der Waals surface area contributed by atoms with Gasteiger partial charge in [0.25, 0.3) is 0 Å². The van der Waals surface area contributed by atoms with Gasteiger partial charge in [0.15, 0.2) is 0 Å². The average molecular weight is 285 g/mol.